The molecular formula is C16H35NO3S. The fourth-order valence-electron chi connectivity index (χ4n) is 2.96. The summed E-state index contributed by atoms with van der Waals surface area (Å²) in [6, 6.07) is 0. The molecule has 0 aliphatic heterocycles. The first-order chi connectivity index (χ1) is 9.89. The zero-order valence-corrected chi connectivity index (χ0v) is 15.1. The Kier molecular flexibility index (Phi) is 11.4. The Labute approximate surface area is 132 Å². The van der Waals surface area contributed by atoms with Crippen molar-refractivity contribution in [3.05, 3.63) is 0 Å². The second-order valence-electron chi connectivity index (χ2n) is 6.32. The van der Waals surface area contributed by atoms with Crippen molar-refractivity contribution in [2.45, 2.75) is 78.6 Å². The van der Waals surface area contributed by atoms with E-state index in [1.54, 1.807) is 0 Å². The molecule has 0 heterocycles. The van der Waals surface area contributed by atoms with Crippen LogP contribution in [-0.2, 0) is 10.1 Å². The summed E-state index contributed by atoms with van der Waals surface area (Å²) in [5, 5.41) is 0. The average Bonchev–Trinajstić information content (AvgIpc) is 2.38. The smallest absolute Gasteiger partial charge is 0.169 e. The molecule has 0 fully saturated rings. The van der Waals surface area contributed by atoms with Crippen LogP contribution in [0.3, 0.4) is 0 Å². The zero-order valence-electron chi connectivity index (χ0n) is 14.3. The lowest BCUT2D eigenvalue weighted by molar-refractivity contribution is -0.918. The predicted octanol–water partition coefficient (Wildman–Crippen LogP) is 3.88. The van der Waals surface area contributed by atoms with E-state index in [2.05, 4.69) is 20.8 Å². The summed E-state index contributed by atoms with van der Waals surface area (Å²) in [7, 11) is -4.17. The van der Waals surface area contributed by atoms with E-state index in [-0.39, 0.29) is 5.88 Å². The lowest BCUT2D eigenvalue weighted by atomic mass is 10.1. The lowest BCUT2D eigenvalue weighted by Crippen LogP contribution is -2.53. The fourth-order valence-corrected chi connectivity index (χ4v) is 4.01. The van der Waals surface area contributed by atoms with E-state index in [0.717, 1.165) is 77.4 Å². The van der Waals surface area contributed by atoms with E-state index < -0.39 is 10.1 Å². The standard InChI is InChI=1S/C16H35NO3S/c1-4-7-10-13-17(14-11-8-5-2,15-12-9-6-3)16-21(18,19)20/h4-16H2,1-3H3. The molecule has 0 radical (unpaired) electrons. The summed E-state index contributed by atoms with van der Waals surface area (Å²) in [6.07, 6.45) is 9.75. The van der Waals surface area contributed by atoms with E-state index in [1.165, 1.54) is 0 Å². The number of nitrogens with zero attached hydrogens (tertiary/aromatic N) is 1. The van der Waals surface area contributed by atoms with E-state index in [0.29, 0.717) is 4.48 Å². The quantitative estimate of drug-likeness (QED) is 0.277. The second kappa shape index (κ2) is 11.4. The van der Waals surface area contributed by atoms with Crippen LogP contribution >= 0.6 is 0 Å². The van der Waals surface area contributed by atoms with Crippen molar-refractivity contribution in [3.8, 4) is 0 Å². The van der Waals surface area contributed by atoms with Gasteiger partial charge in [-0.15, -0.1) is 0 Å². The van der Waals surface area contributed by atoms with Crippen LogP contribution in [0, 0.1) is 0 Å². The van der Waals surface area contributed by atoms with Crippen LogP contribution in [0.5, 0.6) is 0 Å². The van der Waals surface area contributed by atoms with Gasteiger partial charge in [0.15, 0.2) is 5.88 Å². The Morgan fingerprint density at radius 2 is 1.05 bits per heavy atom. The third kappa shape index (κ3) is 11.1. The average molecular weight is 322 g/mol. The van der Waals surface area contributed by atoms with Gasteiger partial charge in [-0.3, -0.25) is 0 Å². The molecule has 0 aliphatic carbocycles. The van der Waals surface area contributed by atoms with Gasteiger partial charge in [0.25, 0.3) is 0 Å². The van der Waals surface area contributed by atoms with Crippen molar-refractivity contribution in [2.75, 3.05) is 25.5 Å². The van der Waals surface area contributed by atoms with Crippen molar-refractivity contribution in [1.29, 1.82) is 0 Å². The Balaban J connectivity index is 4.86. The van der Waals surface area contributed by atoms with E-state index in [1.807, 2.05) is 0 Å². The van der Waals surface area contributed by atoms with Gasteiger partial charge in [0.2, 0.25) is 0 Å². The fraction of sp³-hybridized carbons (Fsp3) is 1.00. The van der Waals surface area contributed by atoms with Crippen molar-refractivity contribution >= 4 is 10.1 Å². The van der Waals surface area contributed by atoms with Gasteiger partial charge in [-0.1, -0.05) is 40.0 Å². The molecule has 0 unspecified atom stereocenters. The molecule has 21 heavy (non-hydrogen) atoms. The predicted molar refractivity (Wildman–Crippen MR) is 88.0 cm³/mol. The minimum absolute atomic E-state index is 0.218. The summed E-state index contributed by atoms with van der Waals surface area (Å²) in [5.41, 5.74) is 0. The van der Waals surface area contributed by atoms with E-state index in [4.69, 9.17) is 0 Å². The lowest BCUT2D eigenvalue weighted by Gasteiger charge is -2.39. The third-order valence-electron chi connectivity index (χ3n) is 4.14. The number of hydrogen-bond donors (Lipinski definition) is 0. The first-order valence-corrected chi connectivity index (χ1v) is 10.3. The Morgan fingerprint density at radius 1 is 0.714 bits per heavy atom. The Morgan fingerprint density at radius 3 is 1.29 bits per heavy atom. The highest BCUT2D eigenvalue weighted by molar-refractivity contribution is 7.85. The van der Waals surface area contributed by atoms with Gasteiger partial charge in [0, 0.05) is 0 Å². The minimum Gasteiger partial charge on any atom is -0.744 e. The van der Waals surface area contributed by atoms with Gasteiger partial charge in [-0.05, 0) is 38.5 Å². The van der Waals surface area contributed by atoms with Crippen LogP contribution in [0.1, 0.15) is 78.6 Å². The van der Waals surface area contributed by atoms with Crippen LogP contribution in [0.2, 0.25) is 0 Å². The number of unbranched alkanes of at least 4 members (excludes halogenated alkanes) is 6. The van der Waals surface area contributed by atoms with Gasteiger partial charge < -0.3 is 9.04 Å². The molecule has 0 saturated heterocycles. The van der Waals surface area contributed by atoms with Crippen LogP contribution in [0.15, 0.2) is 0 Å². The summed E-state index contributed by atoms with van der Waals surface area (Å²) >= 11 is 0. The monoisotopic (exact) mass is 321 g/mol. The van der Waals surface area contributed by atoms with E-state index in [9.17, 15) is 13.0 Å². The number of hydrogen-bond acceptors (Lipinski definition) is 3. The maximum atomic E-state index is 11.4. The normalized spacial score (nSPS) is 12.8. The third-order valence-corrected chi connectivity index (χ3v) is 5.00. The molecule has 0 aromatic carbocycles. The number of rotatable bonds is 14. The second-order valence-corrected chi connectivity index (χ2v) is 7.69. The number of quaternary nitrogens is 1. The maximum Gasteiger partial charge on any atom is 0.169 e. The Bertz CT molecular complexity index is 315. The van der Waals surface area contributed by atoms with Crippen LogP contribution in [0.4, 0.5) is 0 Å². The van der Waals surface area contributed by atoms with Crippen LogP contribution in [-0.4, -0.2) is 43.0 Å². The molecule has 0 bridgehead atoms. The van der Waals surface area contributed by atoms with Crippen LogP contribution < -0.4 is 0 Å². The highest BCUT2D eigenvalue weighted by Crippen LogP contribution is 2.17. The molecule has 128 valence electrons. The van der Waals surface area contributed by atoms with Gasteiger partial charge in [0.05, 0.1) is 19.6 Å². The molecule has 4 nitrogen and oxygen atoms in total. The van der Waals surface area contributed by atoms with E-state index >= 15 is 0 Å². The first kappa shape index (κ1) is 20.9. The van der Waals surface area contributed by atoms with Crippen molar-refractivity contribution in [2.24, 2.45) is 0 Å². The molecule has 0 aliphatic rings. The van der Waals surface area contributed by atoms with Gasteiger partial charge in [-0.2, -0.15) is 0 Å². The molecule has 0 atom stereocenters. The molecule has 0 amide bonds. The highest BCUT2D eigenvalue weighted by atomic mass is 32.2. The van der Waals surface area contributed by atoms with Crippen molar-refractivity contribution < 1.29 is 17.5 Å². The molecule has 0 aromatic rings. The maximum absolute atomic E-state index is 11.4. The molecular weight excluding hydrogens is 286 g/mol. The molecule has 0 N–H and O–H groups in total. The summed E-state index contributed by atoms with van der Waals surface area (Å²) in [6.45, 7) is 8.95. The minimum atomic E-state index is -4.17. The Hall–Kier alpha value is -0.130. The molecule has 0 aromatic heterocycles. The van der Waals surface area contributed by atoms with Gasteiger partial charge in [-0.25, -0.2) is 8.42 Å². The van der Waals surface area contributed by atoms with Crippen LogP contribution in [0.25, 0.3) is 0 Å². The summed E-state index contributed by atoms with van der Waals surface area (Å²) in [4.78, 5) is 0. The zero-order chi connectivity index (χ0) is 16.2. The molecule has 0 spiro atoms. The van der Waals surface area contributed by atoms with Gasteiger partial charge in [0.1, 0.15) is 10.1 Å². The largest absolute Gasteiger partial charge is 0.744 e. The first-order valence-electron chi connectivity index (χ1n) is 8.67. The molecule has 5 heteroatoms. The van der Waals surface area contributed by atoms with Crippen molar-refractivity contribution in [3.63, 3.8) is 0 Å². The molecule has 0 saturated carbocycles. The van der Waals surface area contributed by atoms with Crippen molar-refractivity contribution in [1.82, 2.24) is 0 Å². The summed E-state index contributed by atoms with van der Waals surface area (Å²) in [5.74, 6) is -0.218. The molecule has 0 rings (SSSR count). The topological polar surface area (TPSA) is 57.2 Å². The SMILES string of the molecule is CCCCC[N+](CCCCC)(CCCCC)CS(=O)(=O)[O-]. The summed E-state index contributed by atoms with van der Waals surface area (Å²) < 4.78 is 34.6. The highest BCUT2D eigenvalue weighted by Gasteiger charge is 2.28. The van der Waals surface area contributed by atoms with Gasteiger partial charge >= 0.3 is 0 Å².